The van der Waals surface area contributed by atoms with Crippen LogP contribution in [0.1, 0.15) is 36.8 Å². The molecular weight excluding hydrogens is 364 g/mol. The molecule has 25 heavy (non-hydrogen) atoms. The highest BCUT2D eigenvalue weighted by Gasteiger charge is 2.23. The molecule has 1 saturated heterocycles. The largest absolute Gasteiger partial charge is 0.489 e. The zero-order valence-corrected chi connectivity index (χ0v) is 15.0. The Hall–Kier alpha value is -1.90. The quantitative estimate of drug-likeness (QED) is 0.651. The van der Waals surface area contributed by atoms with Crippen LogP contribution in [-0.2, 0) is 4.74 Å². The van der Waals surface area contributed by atoms with Gasteiger partial charge in [0.25, 0.3) is 0 Å². The molecule has 1 N–H and O–H groups in total. The van der Waals surface area contributed by atoms with Gasteiger partial charge in [0.05, 0.1) is 24.5 Å². The van der Waals surface area contributed by atoms with Gasteiger partial charge < -0.3 is 14.2 Å². The lowest BCUT2D eigenvalue weighted by Crippen LogP contribution is -2.05. The van der Waals surface area contributed by atoms with E-state index in [0.29, 0.717) is 40.3 Å². The van der Waals surface area contributed by atoms with Gasteiger partial charge in [-0.25, -0.2) is 0 Å². The average molecular weight is 381 g/mol. The fourth-order valence-corrected chi connectivity index (χ4v) is 3.31. The number of nitrogens with zero attached hydrogens (tertiary/aromatic N) is 3. The van der Waals surface area contributed by atoms with E-state index in [4.69, 9.17) is 38.0 Å². The van der Waals surface area contributed by atoms with E-state index < -0.39 is 0 Å². The number of hydrogen-bond acceptors (Lipinski definition) is 6. The summed E-state index contributed by atoms with van der Waals surface area (Å²) in [5.41, 5.74) is 0.788. The van der Waals surface area contributed by atoms with Gasteiger partial charge >= 0.3 is 0 Å². The first kappa shape index (κ1) is 16.6. The predicted octanol–water partition coefficient (Wildman–Crippen LogP) is 3.49. The summed E-state index contributed by atoms with van der Waals surface area (Å²) in [6, 6.07) is 3.64. The lowest BCUT2D eigenvalue weighted by molar-refractivity contribution is 0.102. The standard InChI is InChI=1S/C16H17ClN4O3S/c17-11-7-10(8-13-14(11)24-6-2-5-23-13)9-18-21-15(19-20-16(21)25)12-3-1-4-22-12/h7-9,12H,1-6H2,(H,20,25)/b18-9-/t12-/m1/s1. The fourth-order valence-electron chi connectivity index (χ4n) is 2.85. The third kappa shape index (κ3) is 3.42. The van der Waals surface area contributed by atoms with E-state index >= 15 is 0 Å². The summed E-state index contributed by atoms with van der Waals surface area (Å²) in [5, 5.41) is 12.0. The molecule has 2 aliphatic rings. The van der Waals surface area contributed by atoms with Gasteiger partial charge in [-0.1, -0.05) is 11.6 Å². The fraction of sp³-hybridized carbons (Fsp3) is 0.438. The van der Waals surface area contributed by atoms with E-state index in [0.717, 1.165) is 31.4 Å². The van der Waals surface area contributed by atoms with Crippen LogP contribution in [0, 0.1) is 4.77 Å². The van der Waals surface area contributed by atoms with Gasteiger partial charge in [-0.3, -0.25) is 5.10 Å². The van der Waals surface area contributed by atoms with Crippen molar-refractivity contribution in [2.24, 2.45) is 5.10 Å². The van der Waals surface area contributed by atoms with Crippen molar-refractivity contribution in [1.29, 1.82) is 0 Å². The average Bonchev–Trinajstić information content (AvgIpc) is 3.17. The number of nitrogens with one attached hydrogen (secondary N) is 1. The third-order valence-corrected chi connectivity index (χ3v) is 4.58. The predicted molar refractivity (Wildman–Crippen MR) is 95.4 cm³/mol. The van der Waals surface area contributed by atoms with Gasteiger partial charge in [-0.15, -0.1) is 0 Å². The molecule has 0 unspecified atom stereocenters. The highest BCUT2D eigenvalue weighted by Crippen LogP contribution is 2.37. The van der Waals surface area contributed by atoms with Crippen molar-refractivity contribution >= 4 is 30.0 Å². The van der Waals surface area contributed by atoms with Crippen molar-refractivity contribution in [3.8, 4) is 11.5 Å². The number of halogens is 1. The molecule has 1 fully saturated rings. The Bertz CT molecular complexity index is 858. The van der Waals surface area contributed by atoms with Gasteiger partial charge in [-0.2, -0.15) is 14.9 Å². The smallest absolute Gasteiger partial charge is 0.216 e. The van der Waals surface area contributed by atoms with Crippen molar-refractivity contribution in [2.45, 2.75) is 25.4 Å². The van der Waals surface area contributed by atoms with Crippen LogP contribution >= 0.6 is 23.8 Å². The van der Waals surface area contributed by atoms with Crippen molar-refractivity contribution in [3.05, 3.63) is 33.3 Å². The number of benzene rings is 1. The molecular formula is C16H17ClN4O3S. The molecule has 7 nitrogen and oxygen atoms in total. The number of aromatic amines is 1. The highest BCUT2D eigenvalue weighted by atomic mass is 35.5. The molecule has 0 radical (unpaired) electrons. The Morgan fingerprint density at radius 3 is 3.00 bits per heavy atom. The van der Waals surface area contributed by atoms with Crippen LogP contribution in [0.25, 0.3) is 0 Å². The molecule has 4 rings (SSSR count). The van der Waals surface area contributed by atoms with Crippen LogP contribution in [0.3, 0.4) is 0 Å². The Kier molecular flexibility index (Phi) is 4.74. The molecule has 0 bridgehead atoms. The van der Waals surface area contributed by atoms with Gasteiger partial charge in [0.15, 0.2) is 17.3 Å². The van der Waals surface area contributed by atoms with Crippen LogP contribution in [0.5, 0.6) is 11.5 Å². The SMILES string of the molecule is S=c1[nH]nc([C@H]2CCCO2)n1/N=C\c1cc(Cl)c2c(c1)OCCCO2. The van der Waals surface area contributed by atoms with Crippen molar-refractivity contribution in [2.75, 3.05) is 19.8 Å². The monoisotopic (exact) mass is 380 g/mol. The van der Waals surface area contributed by atoms with Crippen molar-refractivity contribution < 1.29 is 14.2 Å². The van der Waals surface area contributed by atoms with E-state index in [-0.39, 0.29) is 6.10 Å². The van der Waals surface area contributed by atoms with Gasteiger partial charge in [0.2, 0.25) is 4.77 Å². The first-order valence-electron chi connectivity index (χ1n) is 8.15. The molecule has 1 aromatic carbocycles. The minimum Gasteiger partial charge on any atom is -0.489 e. The van der Waals surface area contributed by atoms with E-state index in [1.165, 1.54) is 0 Å². The molecule has 0 amide bonds. The summed E-state index contributed by atoms with van der Waals surface area (Å²) < 4.78 is 19.0. The Labute approximate surface area is 154 Å². The van der Waals surface area contributed by atoms with Crippen molar-refractivity contribution in [1.82, 2.24) is 14.9 Å². The lowest BCUT2D eigenvalue weighted by Gasteiger charge is -2.10. The number of ether oxygens (including phenoxy) is 3. The summed E-state index contributed by atoms with van der Waals surface area (Å²) in [7, 11) is 0. The molecule has 0 saturated carbocycles. The summed E-state index contributed by atoms with van der Waals surface area (Å²) in [6.45, 7) is 1.92. The molecule has 1 aromatic heterocycles. The Morgan fingerprint density at radius 2 is 2.16 bits per heavy atom. The van der Waals surface area contributed by atoms with E-state index in [9.17, 15) is 0 Å². The molecule has 2 aromatic rings. The minimum absolute atomic E-state index is 0.0857. The number of H-pyrrole nitrogens is 1. The Morgan fingerprint density at radius 1 is 1.28 bits per heavy atom. The molecule has 0 spiro atoms. The topological polar surface area (TPSA) is 73.7 Å². The van der Waals surface area contributed by atoms with Crippen molar-refractivity contribution in [3.63, 3.8) is 0 Å². The molecule has 1 atom stereocenters. The zero-order valence-electron chi connectivity index (χ0n) is 13.4. The molecule has 9 heteroatoms. The Balaban J connectivity index is 1.64. The zero-order chi connectivity index (χ0) is 17.2. The number of rotatable bonds is 3. The van der Waals surface area contributed by atoms with Crippen LogP contribution in [-0.4, -0.2) is 40.9 Å². The van der Waals surface area contributed by atoms with Crippen LogP contribution in [0.4, 0.5) is 0 Å². The maximum Gasteiger partial charge on any atom is 0.216 e. The molecule has 132 valence electrons. The van der Waals surface area contributed by atoms with E-state index in [1.54, 1.807) is 17.0 Å². The van der Waals surface area contributed by atoms with Crippen LogP contribution in [0.2, 0.25) is 5.02 Å². The summed E-state index contributed by atoms with van der Waals surface area (Å²) in [6.07, 6.45) is 4.32. The minimum atomic E-state index is -0.0857. The first-order valence-corrected chi connectivity index (χ1v) is 8.93. The molecule has 3 heterocycles. The maximum absolute atomic E-state index is 6.31. The summed E-state index contributed by atoms with van der Waals surface area (Å²) in [5.74, 6) is 1.89. The van der Waals surface area contributed by atoms with Gasteiger partial charge in [0, 0.05) is 13.0 Å². The van der Waals surface area contributed by atoms with Gasteiger partial charge in [0.1, 0.15) is 6.10 Å². The second-order valence-electron chi connectivity index (χ2n) is 5.83. The number of aromatic nitrogens is 3. The number of fused-ring (bicyclic) bond motifs is 1. The first-order chi connectivity index (χ1) is 12.2. The molecule has 0 aliphatic carbocycles. The van der Waals surface area contributed by atoms with Crippen LogP contribution < -0.4 is 9.47 Å². The molecule has 2 aliphatic heterocycles. The summed E-state index contributed by atoms with van der Waals surface area (Å²) in [4.78, 5) is 0. The highest BCUT2D eigenvalue weighted by molar-refractivity contribution is 7.71. The normalized spacial score (nSPS) is 20.1. The second-order valence-corrected chi connectivity index (χ2v) is 6.62. The second kappa shape index (κ2) is 7.15. The van der Waals surface area contributed by atoms with Crippen LogP contribution in [0.15, 0.2) is 17.2 Å². The summed E-state index contributed by atoms with van der Waals surface area (Å²) >= 11 is 11.6. The van der Waals surface area contributed by atoms with E-state index in [1.807, 2.05) is 6.07 Å². The van der Waals surface area contributed by atoms with E-state index in [2.05, 4.69) is 15.3 Å². The maximum atomic E-state index is 6.31. The third-order valence-electron chi connectivity index (χ3n) is 4.04. The lowest BCUT2D eigenvalue weighted by atomic mass is 10.2. The van der Waals surface area contributed by atoms with Gasteiger partial charge in [-0.05, 0) is 42.8 Å². The number of hydrogen-bond donors (Lipinski definition) is 1.